The fourth-order valence-electron chi connectivity index (χ4n) is 0.384. The first-order valence-corrected chi connectivity index (χ1v) is 2.80. The largest absolute Gasteiger partial charge is 2.00 e. The van der Waals surface area contributed by atoms with Gasteiger partial charge in [0.1, 0.15) is 5.94 Å². The summed E-state index contributed by atoms with van der Waals surface area (Å²) in [5.41, 5.74) is 0. The Balaban J connectivity index is 0. The van der Waals surface area contributed by atoms with E-state index in [1.165, 1.54) is 0 Å². The zero-order valence-electron chi connectivity index (χ0n) is 6.45. The summed E-state index contributed by atoms with van der Waals surface area (Å²) < 4.78 is 4.11. The van der Waals surface area contributed by atoms with Gasteiger partial charge < -0.3 is 4.74 Å². The third kappa shape index (κ3) is 5.88. The van der Waals surface area contributed by atoms with Gasteiger partial charge in [-0.25, -0.2) is 9.59 Å². The molecule has 0 spiro atoms. The molecule has 0 aromatic carbocycles. The molecule has 5 nitrogen and oxygen atoms in total. The van der Waals surface area contributed by atoms with Crippen molar-refractivity contribution in [3.05, 3.63) is 11.8 Å². The number of carbonyl (C=O) groups is 2. The van der Waals surface area contributed by atoms with E-state index < -0.39 is 17.5 Å². The van der Waals surface area contributed by atoms with E-state index in [1.807, 2.05) is 0 Å². The van der Waals surface area contributed by atoms with Crippen LogP contribution in [0.1, 0.15) is 6.92 Å². The number of allylic oxidation sites excluding steroid dienone is 1. The Kier molecular flexibility index (Phi) is 8.00. The molecule has 1 radical (unpaired) electrons. The topological polar surface area (TPSA) is 77.5 Å². The second-order valence-corrected chi connectivity index (χ2v) is 1.65. The Hall–Kier alpha value is -1.34. The number of ketones is 1. The van der Waals surface area contributed by atoms with E-state index >= 15 is 0 Å². The summed E-state index contributed by atoms with van der Waals surface area (Å²) in [7, 11) is 0. The molecule has 0 saturated heterocycles. The number of hydrogen-bond donors (Lipinski definition) is 0. The molecule has 69 valence electrons. The molecular formula is C7H4O5Rh+2. The predicted molar refractivity (Wildman–Crippen MR) is 36.2 cm³/mol. The molecule has 0 saturated carbocycles. The molecule has 0 rings (SSSR count). The van der Waals surface area contributed by atoms with E-state index in [0.29, 0.717) is 6.08 Å². The second-order valence-electron chi connectivity index (χ2n) is 1.65. The molecule has 0 heterocycles. The van der Waals surface area contributed by atoms with Crippen LogP contribution in [0, 0.1) is 0 Å². The van der Waals surface area contributed by atoms with E-state index in [-0.39, 0.29) is 19.5 Å². The van der Waals surface area contributed by atoms with Crippen molar-refractivity contribution in [3.63, 3.8) is 0 Å². The third-order valence-electron chi connectivity index (χ3n) is 0.752. The van der Waals surface area contributed by atoms with Gasteiger partial charge in [-0.05, 0) is 0 Å². The van der Waals surface area contributed by atoms with Gasteiger partial charge in [0.25, 0.3) is 5.76 Å². The standard InChI is InChI=1S/C7H4O5.Rh/c1-5(10)12-7(4-9)6(11)2-3-8;/h2H,1H3;/q;+2. The van der Waals surface area contributed by atoms with Gasteiger partial charge in [-0.1, -0.05) is 0 Å². The normalized spacial score (nSPS) is 6.85. The van der Waals surface area contributed by atoms with Crippen LogP contribution in [-0.4, -0.2) is 23.6 Å². The van der Waals surface area contributed by atoms with Crippen LogP contribution in [-0.2, 0) is 43.4 Å². The summed E-state index contributed by atoms with van der Waals surface area (Å²) >= 11 is 0. The van der Waals surface area contributed by atoms with Gasteiger partial charge in [-0.2, -0.15) is 0 Å². The van der Waals surface area contributed by atoms with Crippen molar-refractivity contribution in [2.45, 2.75) is 6.92 Å². The van der Waals surface area contributed by atoms with Crippen LogP contribution < -0.4 is 0 Å². The summed E-state index contributed by atoms with van der Waals surface area (Å²) in [5.74, 6) is -0.485. The smallest absolute Gasteiger partial charge is 0.410 e. The number of ether oxygens (including phenoxy) is 1. The Morgan fingerprint density at radius 1 is 1.31 bits per heavy atom. The Labute approximate surface area is 86.2 Å². The molecule has 0 amide bonds. The van der Waals surface area contributed by atoms with Crippen LogP contribution in [0.3, 0.4) is 0 Å². The van der Waals surface area contributed by atoms with Gasteiger partial charge in [0.2, 0.25) is 5.78 Å². The first-order valence-electron chi connectivity index (χ1n) is 2.80. The van der Waals surface area contributed by atoms with Crippen LogP contribution in [0.5, 0.6) is 0 Å². The molecule has 0 atom stereocenters. The zero-order valence-corrected chi connectivity index (χ0v) is 8.09. The summed E-state index contributed by atoms with van der Waals surface area (Å²) in [6, 6.07) is 0. The van der Waals surface area contributed by atoms with Crippen LogP contribution >= 0.6 is 0 Å². The van der Waals surface area contributed by atoms with Crippen LogP contribution in [0.2, 0.25) is 0 Å². The minimum Gasteiger partial charge on any atom is -0.410 e. The van der Waals surface area contributed by atoms with Crippen molar-refractivity contribution in [2.75, 3.05) is 0 Å². The fourth-order valence-corrected chi connectivity index (χ4v) is 0.384. The number of rotatable bonds is 3. The summed E-state index contributed by atoms with van der Waals surface area (Å²) in [4.78, 5) is 40.4. The van der Waals surface area contributed by atoms with Crippen molar-refractivity contribution < 1.29 is 43.4 Å². The average Bonchev–Trinajstić information content (AvgIpc) is 2.00. The molecular weight excluding hydrogens is 267 g/mol. The first-order chi connectivity index (χ1) is 5.61. The molecule has 0 aliphatic rings. The van der Waals surface area contributed by atoms with Crippen molar-refractivity contribution in [1.82, 2.24) is 0 Å². The molecule has 6 heteroatoms. The Morgan fingerprint density at radius 2 is 1.85 bits per heavy atom. The summed E-state index contributed by atoms with van der Waals surface area (Å²) in [6.07, 6.45) is 0.434. The maximum Gasteiger partial charge on any atom is 2.00 e. The maximum atomic E-state index is 10.6. The Morgan fingerprint density at radius 3 is 2.15 bits per heavy atom. The maximum absolute atomic E-state index is 10.6. The summed E-state index contributed by atoms with van der Waals surface area (Å²) in [5, 5.41) is 0. The molecule has 0 bridgehead atoms. The van der Waals surface area contributed by atoms with Crippen molar-refractivity contribution in [2.24, 2.45) is 0 Å². The molecule has 0 fully saturated rings. The molecule has 0 unspecified atom stereocenters. The van der Waals surface area contributed by atoms with E-state index in [1.54, 1.807) is 0 Å². The van der Waals surface area contributed by atoms with E-state index in [9.17, 15) is 19.2 Å². The van der Waals surface area contributed by atoms with Gasteiger partial charge in [-0.15, -0.1) is 0 Å². The minimum absolute atomic E-state index is 0. The molecule has 0 aliphatic heterocycles. The number of esters is 1. The van der Waals surface area contributed by atoms with E-state index in [0.717, 1.165) is 18.8 Å². The van der Waals surface area contributed by atoms with Gasteiger partial charge in [0.15, 0.2) is 5.94 Å². The fraction of sp³-hybridized carbons (Fsp3) is 0.143. The van der Waals surface area contributed by atoms with Gasteiger partial charge in [0, 0.05) is 6.92 Å². The van der Waals surface area contributed by atoms with Crippen LogP contribution in [0.25, 0.3) is 0 Å². The average molecular weight is 271 g/mol. The molecule has 0 aliphatic carbocycles. The predicted octanol–water partition coefficient (Wildman–Crippen LogP) is -0.781. The molecule has 0 N–H and O–H groups in total. The summed E-state index contributed by atoms with van der Waals surface area (Å²) in [6.45, 7) is 1.01. The molecule has 13 heavy (non-hydrogen) atoms. The van der Waals surface area contributed by atoms with E-state index in [2.05, 4.69) is 4.74 Å². The third-order valence-corrected chi connectivity index (χ3v) is 0.752. The van der Waals surface area contributed by atoms with Gasteiger partial charge in [-0.3, -0.25) is 9.59 Å². The second kappa shape index (κ2) is 7.32. The quantitative estimate of drug-likeness (QED) is 0.221. The van der Waals surface area contributed by atoms with Gasteiger partial charge >= 0.3 is 25.4 Å². The minimum atomic E-state index is -1.03. The zero-order chi connectivity index (χ0) is 9.56. The SMILES string of the molecule is CC(=O)OC(=C=O)C(=O)C=C=O.[Rh+2]. The first kappa shape index (κ1) is 14.2. The van der Waals surface area contributed by atoms with Crippen molar-refractivity contribution in [3.8, 4) is 0 Å². The molecule has 0 aromatic heterocycles. The van der Waals surface area contributed by atoms with Crippen molar-refractivity contribution in [1.29, 1.82) is 0 Å². The van der Waals surface area contributed by atoms with E-state index in [4.69, 9.17) is 0 Å². The monoisotopic (exact) mass is 271 g/mol. The molecule has 0 aromatic rings. The van der Waals surface area contributed by atoms with Crippen molar-refractivity contribution >= 4 is 23.6 Å². The van der Waals surface area contributed by atoms with Crippen LogP contribution in [0.4, 0.5) is 0 Å². The number of carbonyl (C=O) groups excluding carboxylic acids is 4. The number of hydrogen-bond acceptors (Lipinski definition) is 5. The van der Waals surface area contributed by atoms with Gasteiger partial charge in [0.05, 0.1) is 6.08 Å². The van der Waals surface area contributed by atoms with Crippen LogP contribution in [0.15, 0.2) is 11.8 Å². The Bertz CT molecular complexity index is 307.